The van der Waals surface area contributed by atoms with Crippen LogP contribution in [0.3, 0.4) is 0 Å². The molecule has 0 saturated heterocycles. The highest BCUT2D eigenvalue weighted by molar-refractivity contribution is 5.90. The Morgan fingerprint density at radius 2 is 1.25 bits per heavy atom. The molecule has 0 aliphatic carbocycles. The van der Waals surface area contributed by atoms with E-state index in [1.165, 1.54) is 11.4 Å². The van der Waals surface area contributed by atoms with E-state index >= 15 is 0 Å². The maximum Gasteiger partial charge on any atom is 0.256 e. The van der Waals surface area contributed by atoms with Crippen molar-refractivity contribution in [2.45, 2.75) is 133 Å². The van der Waals surface area contributed by atoms with Crippen molar-refractivity contribution in [1.82, 2.24) is 26.3 Å². The SMILES string of the molecule is CCC.CCCC(C(C)C)N(N)C(=O)CNC(=O)CCC(NC(=O)CNC(=O)C(NC(=O)CC(C)C)C(C)C)C(C)C.CO. The molecule has 3 unspecified atom stereocenters. The lowest BCUT2D eigenvalue weighted by atomic mass is 9.98. The maximum absolute atomic E-state index is 12.6. The number of amides is 5. The highest BCUT2D eigenvalue weighted by Crippen LogP contribution is 2.14. The van der Waals surface area contributed by atoms with E-state index in [-0.39, 0.29) is 78.9 Å². The topological polar surface area (TPSA) is 183 Å². The molecule has 0 rings (SSSR count). The van der Waals surface area contributed by atoms with E-state index in [2.05, 4.69) is 35.1 Å². The standard InChI is InChI=1S/C28H54N6O5.C3H8.CH4O/c1-10-11-22(19(6)7)34(29)26(38)16-30-23(35)13-12-21(18(4)5)32-25(37)15-31-28(39)27(20(8)9)33-24(36)14-17(2)3;1-3-2;1-2/h17-22,27H,10-16,29H2,1-9H3,(H,30,35)(H,31,39)(H,32,37)(H,33,36);3H2,1-2H3;2H,1H3. The first-order chi connectivity index (χ1) is 20.5. The summed E-state index contributed by atoms with van der Waals surface area (Å²) >= 11 is 0. The van der Waals surface area contributed by atoms with Crippen molar-refractivity contribution < 1.29 is 29.1 Å². The second-order valence-corrected chi connectivity index (χ2v) is 12.4. The molecule has 0 aromatic heterocycles. The van der Waals surface area contributed by atoms with Crippen LogP contribution in [0.4, 0.5) is 0 Å². The van der Waals surface area contributed by atoms with Crippen LogP contribution in [0.2, 0.25) is 0 Å². The maximum atomic E-state index is 12.6. The summed E-state index contributed by atoms with van der Waals surface area (Å²) in [7, 11) is 1.00. The van der Waals surface area contributed by atoms with E-state index < -0.39 is 11.9 Å². The Morgan fingerprint density at radius 1 is 0.705 bits per heavy atom. The molecule has 260 valence electrons. The van der Waals surface area contributed by atoms with Gasteiger partial charge in [-0.25, -0.2) is 5.84 Å². The highest BCUT2D eigenvalue weighted by Gasteiger charge is 2.26. The molecule has 0 bridgehead atoms. The van der Waals surface area contributed by atoms with Crippen LogP contribution in [0.5, 0.6) is 0 Å². The summed E-state index contributed by atoms with van der Waals surface area (Å²) in [5, 5.41) is 19.1. The first-order valence-electron chi connectivity index (χ1n) is 16.2. The molecule has 5 amide bonds. The molecule has 0 fully saturated rings. The summed E-state index contributed by atoms with van der Waals surface area (Å²) < 4.78 is 0. The van der Waals surface area contributed by atoms with Gasteiger partial charge in [-0.3, -0.25) is 29.0 Å². The van der Waals surface area contributed by atoms with E-state index in [1.807, 2.05) is 62.3 Å². The Kier molecular flexibility index (Phi) is 27.7. The van der Waals surface area contributed by atoms with E-state index in [0.717, 1.165) is 20.0 Å². The minimum atomic E-state index is -0.737. The first-order valence-corrected chi connectivity index (χ1v) is 16.2. The number of hydrogen-bond acceptors (Lipinski definition) is 7. The molecule has 12 heteroatoms. The van der Waals surface area contributed by atoms with Gasteiger partial charge in [0.25, 0.3) is 5.91 Å². The fourth-order valence-electron chi connectivity index (χ4n) is 4.16. The molecular formula is C32H66N6O6. The van der Waals surface area contributed by atoms with Crippen molar-refractivity contribution in [2.75, 3.05) is 20.2 Å². The van der Waals surface area contributed by atoms with E-state index in [4.69, 9.17) is 10.9 Å². The minimum Gasteiger partial charge on any atom is -0.400 e. The van der Waals surface area contributed by atoms with E-state index in [0.29, 0.717) is 12.8 Å². The Bertz CT molecular complexity index is 819. The zero-order valence-electron chi connectivity index (χ0n) is 29.7. The van der Waals surface area contributed by atoms with Crippen molar-refractivity contribution in [3.05, 3.63) is 0 Å². The van der Waals surface area contributed by atoms with Crippen molar-refractivity contribution in [3.8, 4) is 0 Å². The lowest BCUT2D eigenvalue weighted by Crippen LogP contribution is -2.52. The molecule has 3 atom stereocenters. The van der Waals surface area contributed by atoms with Crippen molar-refractivity contribution in [1.29, 1.82) is 0 Å². The molecule has 0 aliphatic heterocycles. The molecule has 0 aromatic carbocycles. The van der Waals surface area contributed by atoms with Crippen LogP contribution >= 0.6 is 0 Å². The van der Waals surface area contributed by atoms with Crippen molar-refractivity contribution >= 4 is 29.5 Å². The Morgan fingerprint density at radius 3 is 1.68 bits per heavy atom. The highest BCUT2D eigenvalue weighted by atomic mass is 16.2. The second kappa shape index (κ2) is 26.7. The molecule has 0 heterocycles. The van der Waals surface area contributed by atoms with Crippen molar-refractivity contribution in [2.24, 2.45) is 29.5 Å². The van der Waals surface area contributed by atoms with Gasteiger partial charge in [0.1, 0.15) is 6.04 Å². The summed E-state index contributed by atoms with van der Waals surface area (Å²) in [6.07, 6.45) is 3.74. The van der Waals surface area contributed by atoms with Crippen LogP contribution in [0.25, 0.3) is 0 Å². The first kappa shape index (κ1) is 45.7. The number of carbonyl (C=O) groups excluding carboxylic acids is 5. The molecule has 0 saturated carbocycles. The van der Waals surface area contributed by atoms with Gasteiger partial charge >= 0.3 is 0 Å². The predicted molar refractivity (Wildman–Crippen MR) is 177 cm³/mol. The second-order valence-electron chi connectivity index (χ2n) is 12.4. The molecule has 0 radical (unpaired) electrons. The Labute approximate surface area is 267 Å². The van der Waals surface area contributed by atoms with Crippen LogP contribution in [0.15, 0.2) is 0 Å². The smallest absolute Gasteiger partial charge is 0.256 e. The van der Waals surface area contributed by atoms with Gasteiger partial charge in [0.05, 0.1) is 19.1 Å². The number of nitrogens with zero attached hydrogens (tertiary/aromatic N) is 1. The van der Waals surface area contributed by atoms with Gasteiger partial charge < -0.3 is 26.4 Å². The number of carbonyl (C=O) groups is 5. The van der Waals surface area contributed by atoms with Gasteiger partial charge in [-0.05, 0) is 36.5 Å². The van der Waals surface area contributed by atoms with Gasteiger partial charge in [-0.15, -0.1) is 0 Å². The number of nitrogens with one attached hydrogen (secondary N) is 4. The lowest BCUT2D eigenvalue weighted by Gasteiger charge is -2.30. The van der Waals surface area contributed by atoms with Crippen LogP contribution in [0, 0.1) is 23.7 Å². The predicted octanol–water partition coefficient (Wildman–Crippen LogP) is 2.88. The quantitative estimate of drug-likeness (QED) is 0.0764. The number of aliphatic hydroxyl groups excluding tert-OH is 1. The number of hydrazine groups is 1. The van der Waals surface area contributed by atoms with Gasteiger partial charge in [-0.1, -0.05) is 89.0 Å². The number of nitrogens with two attached hydrogens (primary N) is 1. The number of hydrogen-bond donors (Lipinski definition) is 6. The largest absolute Gasteiger partial charge is 0.400 e. The third-order valence-electron chi connectivity index (χ3n) is 6.55. The Balaban J connectivity index is -0.00000315. The zero-order valence-corrected chi connectivity index (χ0v) is 29.7. The summed E-state index contributed by atoms with van der Waals surface area (Å²) in [5.41, 5.74) is 0. The van der Waals surface area contributed by atoms with Crippen LogP contribution in [-0.2, 0) is 24.0 Å². The normalized spacial score (nSPS) is 12.7. The number of aliphatic hydroxyl groups is 1. The average Bonchev–Trinajstić information content (AvgIpc) is 2.94. The number of rotatable bonds is 18. The summed E-state index contributed by atoms with van der Waals surface area (Å²) in [5.74, 6) is 4.61. The molecule has 44 heavy (non-hydrogen) atoms. The molecule has 0 aromatic rings. The molecule has 0 aliphatic rings. The van der Waals surface area contributed by atoms with Crippen LogP contribution < -0.4 is 27.1 Å². The van der Waals surface area contributed by atoms with Crippen molar-refractivity contribution in [3.63, 3.8) is 0 Å². The third-order valence-corrected chi connectivity index (χ3v) is 6.55. The Hall–Kier alpha value is -2.73. The zero-order chi connectivity index (χ0) is 35.0. The fraction of sp³-hybridized carbons (Fsp3) is 0.844. The molecule has 0 spiro atoms. The van der Waals surface area contributed by atoms with E-state index in [1.54, 1.807) is 0 Å². The molecule has 12 nitrogen and oxygen atoms in total. The van der Waals surface area contributed by atoms with Crippen LogP contribution in [-0.4, -0.2) is 78.0 Å². The van der Waals surface area contributed by atoms with Gasteiger partial charge in [0.2, 0.25) is 23.6 Å². The summed E-state index contributed by atoms with van der Waals surface area (Å²) in [6, 6.07) is -1.13. The summed E-state index contributed by atoms with van der Waals surface area (Å²) in [6.45, 7) is 21.2. The van der Waals surface area contributed by atoms with E-state index in [9.17, 15) is 24.0 Å². The fourth-order valence-corrected chi connectivity index (χ4v) is 4.16. The molecule has 7 N–H and O–H groups in total. The van der Waals surface area contributed by atoms with Gasteiger partial charge in [-0.2, -0.15) is 0 Å². The third kappa shape index (κ3) is 21.9. The van der Waals surface area contributed by atoms with Crippen LogP contribution in [0.1, 0.15) is 115 Å². The minimum absolute atomic E-state index is 0.0400. The summed E-state index contributed by atoms with van der Waals surface area (Å²) in [4.78, 5) is 62.2. The average molecular weight is 631 g/mol. The molecular weight excluding hydrogens is 564 g/mol. The lowest BCUT2D eigenvalue weighted by molar-refractivity contribution is -0.136. The van der Waals surface area contributed by atoms with Gasteiger partial charge in [0.15, 0.2) is 0 Å². The monoisotopic (exact) mass is 631 g/mol. The van der Waals surface area contributed by atoms with Gasteiger partial charge in [0, 0.05) is 26.0 Å².